The molecule has 1 saturated carbocycles. The number of hydrogen-bond acceptors (Lipinski definition) is 1. The minimum atomic E-state index is -0.00170. The van der Waals surface area contributed by atoms with E-state index in [2.05, 4.69) is 13.8 Å². The second-order valence-electron chi connectivity index (χ2n) is 5.71. The van der Waals surface area contributed by atoms with Crippen LogP contribution >= 0.6 is 0 Å². The molecule has 0 unspecified atom stereocenters. The lowest BCUT2D eigenvalue weighted by Gasteiger charge is -2.35. The molecule has 0 heterocycles. The van der Waals surface area contributed by atoms with Crippen molar-refractivity contribution in [3.63, 3.8) is 0 Å². The molecule has 0 saturated heterocycles. The molecule has 0 aliphatic heterocycles. The largest absolute Gasteiger partial charge is 0.393 e. The molecule has 0 aromatic rings. The van der Waals surface area contributed by atoms with Gasteiger partial charge in [0.1, 0.15) is 0 Å². The molecule has 0 amide bonds. The van der Waals surface area contributed by atoms with E-state index in [1.807, 2.05) is 0 Å². The Morgan fingerprint density at radius 2 is 1.67 bits per heavy atom. The second kappa shape index (κ2) is 6.52. The molecule has 15 heavy (non-hydrogen) atoms. The monoisotopic (exact) mass is 212 g/mol. The van der Waals surface area contributed by atoms with Crippen LogP contribution in [0.2, 0.25) is 0 Å². The van der Waals surface area contributed by atoms with Gasteiger partial charge in [0.15, 0.2) is 0 Å². The van der Waals surface area contributed by atoms with Gasteiger partial charge in [0.05, 0.1) is 6.10 Å². The van der Waals surface area contributed by atoms with E-state index >= 15 is 0 Å². The van der Waals surface area contributed by atoms with Crippen LogP contribution in [0.15, 0.2) is 0 Å². The normalized spacial score (nSPS) is 31.8. The molecule has 90 valence electrons. The summed E-state index contributed by atoms with van der Waals surface area (Å²) in [4.78, 5) is 0. The number of aliphatic hydroxyl groups excluding tert-OH is 1. The number of rotatable bonds is 6. The van der Waals surface area contributed by atoms with E-state index in [9.17, 15) is 5.11 Å². The van der Waals surface area contributed by atoms with E-state index < -0.39 is 0 Å². The summed E-state index contributed by atoms with van der Waals surface area (Å²) in [5.74, 6) is 0. The van der Waals surface area contributed by atoms with Crippen molar-refractivity contribution in [2.75, 3.05) is 0 Å². The topological polar surface area (TPSA) is 20.2 Å². The van der Waals surface area contributed by atoms with Crippen molar-refractivity contribution in [1.29, 1.82) is 0 Å². The van der Waals surface area contributed by atoms with Crippen molar-refractivity contribution in [3.05, 3.63) is 0 Å². The Bertz CT molecular complexity index is 157. The zero-order valence-corrected chi connectivity index (χ0v) is 10.6. The Kier molecular flexibility index (Phi) is 5.66. The van der Waals surface area contributed by atoms with E-state index in [-0.39, 0.29) is 6.10 Å². The van der Waals surface area contributed by atoms with Gasteiger partial charge in [0, 0.05) is 0 Å². The molecular formula is C14H28O. The Morgan fingerprint density at radius 3 is 2.27 bits per heavy atom. The number of aliphatic hydroxyl groups is 1. The molecule has 1 heteroatoms. The Labute approximate surface area is 95.3 Å². The molecule has 0 aromatic carbocycles. The maximum absolute atomic E-state index is 9.48. The predicted molar refractivity (Wildman–Crippen MR) is 66.0 cm³/mol. The highest BCUT2D eigenvalue weighted by Crippen LogP contribution is 2.40. The summed E-state index contributed by atoms with van der Waals surface area (Å²) in [5, 5.41) is 9.48. The lowest BCUT2D eigenvalue weighted by atomic mass is 9.71. The average molecular weight is 212 g/mol. The van der Waals surface area contributed by atoms with Crippen molar-refractivity contribution in [2.45, 2.75) is 84.2 Å². The van der Waals surface area contributed by atoms with Crippen LogP contribution in [0.1, 0.15) is 78.1 Å². The molecule has 0 aromatic heterocycles. The zero-order valence-electron chi connectivity index (χ0n) is 10.6. The van der Waals surface area contributed by atoms with Gasteiger partial charge in [0.25, 0.3) is 0 Å². The van der Waals surface area contributed by atoms with Crippen LogP contribution in [0.25, 0.3) is 0 Å². The predicted octanol–water partition coefficient (Wildman–Crippen LogP) is 4.29. The maximum atomic E-state index is 9.48. The molecule has 0 radical (unpaired) electrons. The fraction of sp³-hybridized carbons (Fsp3) is 1.00. The Hall–Kier alpha value is -0.0400. The highest BCUT2D eigenvalue weighted by atomic mass is 16.3. The van der Waals surface area contributed by atoms with Crippen LogP contribution in [-0.4, -0.2) is 11.2 Å². The van der Waals surface area contributed by atoms with Gasteiger partial charge in [0.2, 0.25) is 0 Å². The summed E-state index contributed by atoms with van der Waals surface area (Å²) in [5.41, 5.74) is 0.547. The van der Waals surface area contributed by atoms with Gasteiger partial charge in [-0.1, -0.05) is 46.0 Å². The van der Waals surface area contributed by atoms with Gasteiger partial charge < -0.3 is 5.11 Å². The summed E-state index contributed by atoms with van der Waals surface area (Å²) < 4.78 is 0. The molecule has 1 aliphatic carbocycles. The smallest absolute Gasteiger partial charge is 0.0540 e. The lowest BCUT2D eigenvalue weighted by Crippen LogP contribution is -2.26. The van der Waals surface area contributed by atoms with Crippen LogP contribution < -0.4 is 0 Å². The van der Waals surface area contributed by atoms with E-state index in [0.29, 0.717) is 5.41 Å². The first-order valence-corrected chi connectivity index (χ1v) is 6.84. The summed E-state index contributed by atoms with van der Waals surface area (Å²) in [6, 6.07) is 0. The maximum Gasteiger partial charge on any atom is 0.0540 e. The second-order valence-corrected chi connectivity index (χ2v) is 5.71. The SMILES string of the molecule is CCCCCCCC1(C)CCC(O)CC1. The summed E-state index contributed by atoms with van der Waals surface area (Å²) >= 11 is 0. The Morgan fingerprint density at radius 1 is 1.07 bits per heavy atom. The number of unbranched alkanes of at least 4 members (excludes halogenated alkanes) is 4. The molecule has 1 aliphatic rings. The average Bonchev–Trinajstić information content (AvgIpc) is 2.23. The first-order valence-electron chi connectivity index (χ1n) is 6.84. The standard InChI is InChI=1S/C14H28O/c1-3-4-5-6-7-10-14(2)11-8-13(15)9-12-14/h13,15H,3-12H2,1-2H3. The number of hydrogen-bond donors (Lipinski definition) is 1. The highest BCUT2D eigenvalue weighted by molar-refractivity contribution is 4.81. The van der Waals surface area contributed by atoms with Crippen LogP contribution in [0.3, 0.4) is 0 Å². The molecule has 0 atom stereocenters. The van der Waals surface area contributed by atoms with Crippen molar-refractivity contribution in [3.8, 4) is 0 Å². The summed E-state index contributed by atoms with van der Waals surface area (Å²) in [7, 11) is 0. The molecule has 0 bridgehead atoms. The fourth-order valence-corrected chi connectivity index (χ4v) is 2.70. The van der Waals surface area contributed by atoms with E-state index in [1.165, 1.54) is 51.4 Å². The van der Waals surface area contributed by atoms with Crippen molar-refractivity contribution < 1.29 is 5.11 Å². The minimum absolute atomic E-state index is 0.00170. The molecule has 1 fully saturated rings. The fourth-order valence-electron chi connectivity index (χ4n) is 2.70. The van der Waals surface area contributed by atoms with Gasteiger partial charge in [-0.25, -0.2) is 0 Å². The molecule has 1 nitrogen and oxygen atoms in total. The third kappa shape index (κ3) is 5.01. The first kappa shape index (κ1) is 13.0. The van der Waals surface area contributed by atoms with Gasteiger partial charge in [-0.05, 0) is 37.5 Å². The van der Waals surface area contributed by atoms with Crippen molar-refractivity contribution in [2.24, 2.45) is 5.41 Å². The molecule has 1 N–H and O–H groups in total. The van der Waals surface area contributed by atoms with Crippen LogP contribution in [0.5, 0.6) is 0 Å². The highest BCUT2D eigenvalue weighted by Gasteiger charge is 2.29. The van der Waals surface area contributed by atoms with E-state index in [4.69, 9.17) is 0 Å². The quantitative estimate of drug-likeness (QED) is 0.651. The molecule has 1 rings (SSSR count). The van der Waals surface area contributed by atoms with Crippen LogP contribution in [0.4, 0.5) is 0 Å². The Balaban J connectivity index is 2.08. The van der Waals surface area contributed by atoms with Gasteiger partial charge in [-0.2, -0.15) is 0 Å². The minimum Gasteiger partial charge on any atom is -0.393 e. The van der Waals surface area contributed by atoms with Gasteiger partial charge in [-0.15, -0.1) is 0 Å². The first-order chi connectivity index (χ1) is 7.16. The van der Waals surface area contributed by atoms with E-state index in [1.54, 1.807) is 0 Å². The lowest BCUT2D eigenvalue weighted by molar-refractivity contribution is 0.0657. The van der Waals surface area contributed by atoms with Gasteiger partial charge in [-0.3, -0.25) is 0 Å². The van der Waals surface area contributed by atoms with Crippen molar-refractivity contribution in [1.82, 2.24) is 0 Å². The van der Waals surface area contributed by atoms with Crippen LogP contribution in [-0.2, 0) is 0 Å². The van der Waals surface area contributed by atoms with Crippen LogP contribution in [0, 0.1) is 5.41 Å². The summed E-state index contributed by atoms with van der Waals surface area (Å²) in [6.45, 7) is 4.68. The summed E-state index contributed by atoms with van der Waals surface area (Å²) in [6.07, 6.45) is 12.9. The third-order valence-corrected chi connectivity index (χ3v) is 4.05. The third-order valence-electron chi connectivity index (χ3n) is 4.05. The van der Waals surface area contributed by atoms with Gasteiger partial charge >= 0.3 is 0 Å². The van der Waals surface area contributed by atoms with E-state index in [0.717, 1.165) is 12.8 Å². The molecule has 0 spiro atoms. The van der Waals surface area contributed by atoms with Crippen molar-refractivity contribution >= 4 is 0 Å². The zero-order chi connectivity index (χ0) is 11.1. The molecular weight excluding hydrogens is 184 g/mol.